The Balaban J connectivity index is 2.32. The van der Waals surface area contributed by atoms with Crippen LogP contribution in [0.25, 0.3) is 0 Å². The van der Waals surface area contributed by atoms with Gasteiger partial charge in [-0.25, -0.2) is 13.2 Å². The number of carbonyl (C=O) groups excluding carboxylic acids is 1. The molecule has 2 aromatic carbocycles. The summed E-state index contributed by atoms with van der Waals surface area (Å²) in [5.41, 5.74) is -0.799. The van der Waals surface area contributed by atoms with E-state index in [1.165, 1.54) is 18.2 Å². The van der Waals surface area contributed by atoms with Crippen molar-refractivity contribution in [3.8, 4) is 5.75 Å². The average Bonchev–Trinajstić information content (AvgIpc) is 2.35. The zero-order valence-corrected chi connectivity index (χ0v) is 11.3. The third-order valence-electron chi connectivity index (χ3n) is 2.45. The maximum atomic E-state index is 13.4. The molecule has 0 unspecified atom stereocenters. The van der Waals surface area contributed by atoms with E-state index < -0.39 is 29.0 Å². The summed E-state index contributed by atoms with van der Waals surface area (Å²) in [6.07, 6.45) is 0. The molecular formula is C13H7BrF3NO2. The summed E-state index contributed by atoms with van der Waals surface area (Å²) in [7, 11) is 0. The number of rotatable bonds is 2. The molecule has 0 aromatic heterocycles. The van der Waals surface area contributed by atoms with Crippen molar-refractivity contribution in [3.63, 3.8) is 0 Å². The minimum absolute atomic E-state index is 0.155. The van der Waals surface area contributed by atoms with E-state index in [0.717, 1.165) is 0 Å². The van der Waals surface area contributed by atoms with Crippen LogP contribution in [0.4, 0.5) is 18.9 Å². The first-order valence-corrected chi connectivity index (χ1v) is 6.12. The van der Waals surface area contributed by atoms with Crippen LogP contribution in [0.5, 0.6) is 5.75 Å². The summed E-state index contributed by atoms with van der Waals surface area (Å²) < 4.78 is 39.9. The van der Waals surface area contributed by atoms with Crippen molar-refractivity contribution in [2.24, 2.45) is 0 Å². The lowest BCUT2D eigenvalue weighted by Crippen LogP contribution is -2.14. The van der Waals surface area contributed by atoms with Gasteiger partial charge in [-0.15, -0.1) is 0 Å². The van der Waals surface area contributed by atoms with E-state index >= 15 is 0 Å². The molecule has 20 heavy (non-hydrogen) atoms. The van der Waals surface area contributed by atoms with Crippen LogP contribution in [0.3, 0.4) is 0 Å². The lowest BCUT2D eigenvalue weighted by atomic mass is 10.2. The van der Waals surface area contributed by atoms with Gasteiger partial charge in [-0.2, -0.15) is 0 Å². The van der Waals surface area contributed by atoms with Crippen molar-refractivity contribution >= 4 is 27.5 Å². The molecule has 7 heteroatoms. The van der Waals surface area contributed by atoms with Crippen LogP contribution in [-0.2, 0) is 0 Å². The second-order valence-corrected chi connectivity index (χ2v) is 4.78. The first-order chi connectivity index (χ1) is 9.38. The standard InChI is InChI=1S/C13H7BrF3NO2/c14-6-1-2-8(11(19)3-6)13(20)18-10-5-7(15)4-9(16)12(10)17/h1-5,19H,(H,18,20). The van der Waals surface area contributed by atoms with Gasteiger partial charge in [0.2, 0.25) is 0 Å². The Bertz CT molecular complexity index is 692. The molecule has 0 atom stereocenters. The second kappa shape index (κ2) is 5.54. The van der Waals surface area contributed by atoms with Gasteiger partial charge in [0.15, 0.2) is 11.6 Å². The maximum Gasteiger partial charge on any atom is 0.259 e. The normalized spacial score (nSPS) is 10.4. The summed E-state index contributed by atoms with van der Waals surface area (Å²) in [6, 6.07) is 5.03. The van der Waals surface area contributed by atoms with Crippen molar-refractivity contribution in [3.05, 3.63) is 57.8 Å². The van der Waals surface area contributed by atoms with Crippen molar-refractivity contribution in [1.29, 1.82) is 0 Å². The van der Waals surface area contributed by atoms with E-state index in [4.69, 9.17) is 0 Å². The summed E-state index contributed by atoms with van der Waals surface area (Å²) in [4.78, 5) is 11.8. The largest absolute Gasteiger partial charge is 0.507 e. The number of phenols is 1. The first-order valence-electron chi connectivity index (χ1n) is 5.33. The van der Waals surface area contributed by atoms with E-state index in [2.05, 4.69) is 15.9 Å². The lowest BCUT2D eigenvalue weighted by Gasteiger charge is -2.08. The number of nitrogens with one attached hydrogen (secondary N) is 1. The molecule has 0 heterocycles. The Labute approximate surface area is 120 Å². The quantitative estimate of drug-likeness (QED) is 0.813. The highest BCUT2D eigenvalue weighted by atomic mass is 79.9. The first kappa shape index (κ1) is 14.4. The number of carbonyl (C=O) groups is 1. The maximum absolute atomic E-state index is 13.4. The molecule has 0 aliphatic heterocycles. The van der Waals surface area contributed by atoms with Crippen LogP contribution >= 0.6 is 15.9 Å². The molecule has 0 saturated carbocycles. The van der Waals surface area contributed by atoms with Crippen LogP contribution in [0, 0.1) is 17.5 Å². The molecule has 0 aliphatic carbocycles. The van der Waals surface area contributed by atoms with Crippen LogP contribution in [0.1, 0.15) is 10.4 Å². The Kier molecular flexibility index (Phi) is 3.99. The molecule has 2 rings (SSSR count). The molecule has 0 spiro atoms. The van der Waals surface area contributed by atoms with Gasteiger partial charge >= 0.3 is 0 Å². The molecule has 0 saturated heterocycles. The van der Waals surface area contributed by atoms with Crippen molar-refractivity contribution < 1.29 is 23.1 Å². The SMILES string of the molecule is O=C(Nc1cc(F)cc(F)c1F)c1ccc(Br)cc1O. The fraction of sp³-hybridized carbons (Fsp3) is 0. The Morgan fingerprint density at radius 2 is 1.85 bits per heavy atom. The van der Waals surface area contributed by atoms with E-state index in [1.54, 1.807) is 0 Å². The van der Waals surface area contributed by atoms with Gasteiger partial charge in [-0.3, -0.25) is 4.79 Å². The number of amides is 1. The number of anilines is 1. The van der Waals surface area contributed by atoms with Gasteiger partial charge in [-0.05, 0) is 18.2 Å². The average molecular weight is 346 g/mol. The molecule has 0 aliphatic rings. The molecule has 104 valence electrons. The van der Waals surface area contributed by atoms with Gasteiger partial charge < -0.3 is 10.4 Å². The second-order valence-electron chi connectivity index (χ2n) is 3.86. The van der Waals surface area contributed by atoms with Gasteiger partial charge in [0.25, 0.3) is 5.91 Å². The number of aromatic hydroxyl groups is 1. The van der Waals surface area contributed by atoms with Crippen molar-refractivity contribution in [2.75, 3.05) is 5.32 Å². The minimum Gasteiger partial charge on any atom is -0.507 e. The highest BCUT2D eigenvalue weighted by molar-refractivity contribution is 9.10. The third kappa shape index (κ3) is 2.93. The molecule has 2 aromatic rings. The van der Waals surface area contributed by atoms with E-state index in [-0.39, 0.29) is 11.3 Å². The van der Waals surface area contributed by atoms with Crippen molar-refractivity contribution in [1.82, 2.24) is 0 Å². The number of hydrogen-bond donors (Lipinski definition) is 2. The predicted octanol–water partition coefficient (Wildman–Crippen LogP) is 3.82. The van der Waals surface area contributed by atoms with Gasteiger partial charge in [0, 0.05) is 16.6 Å². The van der Waals surface area contributed by atoms with Gasteiger partial charge in [0.1, 0.15) is 11.6 Å². The summed E-state index contributed by atoms with van der Waals surface area (Å²) in [5, 5.41) is 11.6. The number of benzene rings is 2. The molecule has 1 amide bonds. The number of halogens is 4. The topological polar surface area (TPSA) is 49.3 Å². The molecule has 0 fully saturated rings. The molecule has 2 N–H and O–H groups in total. The molecule has 0 radical (unpaired) electrons. The van der Waals surface area contributed by atoms with Crippen LogP contribution in [0.2, 0.25) is 0 Å². The summed E-state index contributed by atoms with van der Waals surface area (Å²) >= 11 is 3.09. The fourth-order valence-electron chi connectivity index (χ4n) is 1.53. The Morgan fingerprint density at radius 3 is 2.50 bits per heavy atom. The number of hydrogen-bond acceptors (Lipinski definition) is 2. The van der Waals surface area contributed by atoms with Crippen LogP contribution in [-0.4, -0.2) is 11.0 Å². The minimum atomic E-state index is -1.42. The van der Waals surface area contributed by atoms with Gasteiger partial charge in [-0.1, -0.05) is 15.9 Å². The highest BCUT2D eigenvalue weighted by Crippen LogP contribution is 2.25. The summed E-state index contributed by atoms with van der Waals surface area (Å²) in [5.74, 6) is -5.07. The highest BCUT2D eigenvalue weighted by Gasteiger charge is 2.16. The Morgan fingerprint density at radius 1 is 1.15 bits per heavy atom. The van der Waals surface area contributed by atoms with E-state index in [9.17, 15) is 23.1 Å². The fourth-order valence-corrected chi connectivity index (χ4v) is 1.88. The zero-order valence-electron chi connectivity index (χ0n) is 9.75. The lowest BCUT2D eigenvalue weighted by molar-refractivity contribution is 0.102. The molecular weight excluding hydrogens is 339 g/mol. The molecule has 3 nitrogen and oxygen atoms in total. The Hall–Kier alpha value is -2.02. The molecule has 0 bridgehead atoms. The van der Waals surface area contributed by atoms with Crippen LogP contribution < -0.4 is 5.32 Å². The predicted molar refractivity (Wildman–Crippen MR) is 70.1 cm³/mol. The van der Waals surface area contributed by atoms with E-state index in [0.29, 0.717) is 16.6 Å². The zero-order chi connectivity index (χ0) is 14.9. The summed E-state index contributed by atoms with van der Waals surface area (Å²) in [6.45, 7) is 0. The number of phenolic OH excluding ortho intramolecular Hbond substituents is 1. The van der Waals surface area contributed by atoms with Crippen molar-refractivity contribution in [2.45, 2.75) is 0 Å². The van der Waals surface area contributed by atoms with E-state index in [1.807, 2.05) is 5.32 Å². The van der Waals surface area contributed by atoms with Crippen LogP contribution in [0.15, 0.2) is 34.8 Å². The monoisotopic (exact) mass is 345 g/mol. The smallest absolute Gasteiger partial charge is 0.259 e. The van der Waals surface area contributed by atoms with Gasteiger partial charge in [0.05, 0.1) is 11.3 Å². The third-order valence-corrected chi connectivity index (χ3v) is 2.94.